The van der Waals surface area contributed by atoms with Crippen LogP contribution in [0.5, 0.6) is 5.75 Å². The fourth-order valence-corrected chi connectivity index (χ4v) is 7.94. The molecule has 0 spiro atoms. The minimum absolute atomic E-state index is 0.00720. The molecule has 3 rings (SSSR count). The number of hydrogen-bond donors (Lipinski definition) is 1. The van der Waals surface area contributed by atoms with Crippen LogP contribution in [0.1, 0.15) is 5.56 Å². The van der Waals surface area contributed by atoms with Gasteiger partial charge in [0, 0.05) is 5.75 Å². The molecule has 0 radical (unpaired) electrons. The summed E-state index contributed by atoms with van der Waals surface area (Å²) in [5, 5.41) is 17.7. The molecule has 1 aromatic heterocycles. The highest BCUT2D eigenvalue weighted by atomic mass is 32.2. The van der Waals surface area contributed by atoms with Crippen LogP contribution in [0.25, 0.3) is 0 Å². The summed E-state index contributed by atoms with van der Waals surface area (Å²) in [5.74, 6) is 1.42. The minimum atomic E-state index is -3.14. The second kappa shape index (κ2) is 7.61. The summed E-state index contributed by atoms with van der Waals surface area (Å²) in [5.41, 5.74) is 1.16. The van der Waals surface area contributed by atoms with Crippen LogP contribution >= 0.6 is 34.9 Å². The maximum Gasteiger partial charge on any atom is 0.175 e. The Morgan fingerprint density at radius 1 is 1.25 bits per heavy atom. The average Bonchev–Trinajstić information content (AvgIpc) is 3.09. The smallest absolute Gasteiger partial charge is 0.175 e. The van der Waals surface area contributed by atoms with Gasteiger partial charge in [0.15, 0.2) is 18.5 Å². The molecule has 1 aliphatic rings. The zero-order valence-corrected chi connectivity index (χ0v) is 16.1. The van der Waals surface area contributed by atoms with Gasteiger partial charge in [0.05, 0.1) is 30.0 Å². The van der Waals surface area contributed by atoms with Gasteiger partial charge < -0.3 is 9.84 Å². The van der Waals surface area contributed by atoms with E-state index in [1.807, 2.05) is 24.3 Å². The van der Waals surface area contributed by atoms with Crippen molar-refractivity contribution in [2.75, 3.05) is 18.6 Å². The molecule has 6 nitrogen and oxygen atoms in total. The summed E-state index contributed by atoms with van der Waals surface area (Å²) in [6.07, 6.45) is -0.834. The number of benzene rings is 1. The van der Waals surface area contributed by atoms with E-state index in [-0.39, 0.29) is 16.8 Å². The number of rotatable bonds is 6. The van der Waals surface area contributed by atoms with Crippen LogP contribution in [0.4, 0.5) is 0 Å². The molecular weight excluding hydrogens is 388 g/mol. The first-order valence-electron chi connectivity index (χ1n) is 7.09. The normalized spacial score (nSPS) is 22.6. The Hall–Kier alpha value is -0.810. The summed E-state index contributed by atoms with van der Waals surface area (Å²) in [6, 6.07) is 7.84. The van der Waals surface area contributed by atoms with Crippen molar-refractivity contribution in [3.8, 4) is 5.75 Å². The summed E-state index contributed by atoms with van der Waals surface area (Å²) in [6.45, 7) is 0. The zero-order valence-electron chi connectivity index (χ0n) is 12.8. The topological polar surface area (TPSA) is 89.4 Å². The Bertz CT molecular complexity index is 791. The van der Waals surface area contributed by atoms with Crippen LogP contribution in [0.3, 0.4) is 0 Å². The summed E-state index contributed by atoms with van der Waals surface area (Å²) in [4.78, 5) is 0. The number of aromatic nitrogens is 2. The molecule has 1 saturated heterocycles. The molecule has 24 heavy (non-hydrogen) atoms. The van der Waals surface area contributed by atoms with E-state index < -0.39 is 15.9 Å². The van der Waals surface area contributed by atoms with Gasteiger partial charge in [-0.05, 0) is 17.7 Å². The lowest BCUT2D eigenvalue weighted by atomic mass is 10.2. The third-order valence-electron chi connectivity index (χ3n) is 3.43. The molecule has 0 unspecified atom stereocenters. The number of hydrogen-bond acceptors (Lipinski definition) is 9. The van der Waals surface area contributed by atoms with Crippen molar-refractivity contribution in [3.63, 3.8) is 0 Å². The van der Waals surface area contributed by atoms with Gasteiger partial charge in [-0.15, -0.1) is 10.2 Å². The van der Waals surface area contributed by atoms with Crippen LogP contribution in [-0.2, 0) is 15.6 Å². The Labute approximate surface area is 152 Å². The lowest BCUT2D eigenvalue weighted by Crippen LogP contribution is -2.19. The molecule has 0 aliphatic carbocycles. The first-order valence-corrected chi connectivity index (χ1v) is 11.6. The monoisotopic (exact) mass is 404 g/mol. The zero-order chi connectivity index (χ0) is 17.2. The van der Waals surface area contributed by atoms with Crippen LogP contribution < -0.4 is 4.74 Å². The maximum absolute atomic E-state index is 11.5. The summed E-state index contributed by atoms with van der Waals surface area (Å²) < 4.78 is 29.7. The van der Waals surface area contributed by atoms with Crippen LogP contribution in [0.2, 0.25) is 0 Å². The number of nitrogens with zero attached hydrogens (tertiary/aromatic N) is 2. The number of aliphatic hydroxyl groups is 1. The van der Waals surface area contributed by atoms with E-state index in [1.165, 1.54) is 23.1 Å². The standard InChI is InChI=1S/C14H16N2O4S4/c1-20-10-4-2-9(3-5-10)6-21-13-15-16-14(23-13)22-12-8-24(18,19)7-11(12)17/h2-5,11-12,17H,6-8H2,1H3/t11-,12-/m0/s1. The second-order valence-electron chi connectivity index (χ2n) is 5.27. The molecule has 2 atom stereocenters. The van der Waals surface area contributed by atoms with Crippen LogP contribution in [0, 0.1) is 0 Å². The highest BCUT2D eigenvalue weighted by Crippen LogP contribution is 2.36. The fraction of sp³-hybridized carbons (Fsp3) is 0.429. The van der Waals surface area contributed by atoms with Crippen LogP contribution in [-0.4, -0.2) is 53.7 Å². The predicted molar refractivity (Wildman–Crippen MR) is 96.8 cm³/mol. The first-order chi connectivity index (χ1) is 11.4. The molecule has 130 valence electrons. The van der Waals surface area contributed by atoms with Crippen molar-refractivity contribution < 1.29 is 18.3 Å². The summed E-state index contributed by atoms with van der Waals surface area (Å²) >= 11 is 4.29. The lowest BCUT2D eigenvalue weighted by molar-refractivity contribution is 0.207. The number of sulfone groups is 1. The molecule has 2 aromatic rings. The van der Waals surface area contributed by atoms with Gasteiger partial charge in [-0.3, -0.25) is 0 Å². The first kappa shape index (κ1) is 18.0. The lowest BCUT2D eigenvalue weighted by Gasteiger charge is -2.08. The highest BCUT2D eigenvalue weighted by Gasteiger charge is 2.37. The second-order valence-corrected chi connectivity index (χ2v) is 11.1. The van der Waals surface area contributed by atoms with Crippen molar-refractivity contribution >= 4 is 44.7 Å². The van der Waals surface area contributed by atoms with Crippen molar-refractivity contribution in [2.24, 2.45) is 0 Å². The molecule has 1 N–H and O–H groups in total. The number of methoxy groups -OCH3 is 1. The van der Waals surface area contributed by atoms with Gasteiger partial charge in [-0.1, -0.05) is 47.0 Å². The van der Waals surface area contributed by atoms with Crippen molar-refractivity contribution in [3.05, 3.63) is 29.8 Å². The van der Waals surface area contributed by atoms with E-state index in [4.69, 9.17) is 4.74 Å². The van der Waals surface area contributed by atoms with Gasteiger partial charge in [-0.2, -0.15) is 0 Å². The molecule has 2 heterocycles. The molecule has 10 heteroatoms. The van der Waals surface area contributed by atoms with Gasteiger partial charge in [0.25, 0.3) is 0 Å². The molecule has 0 amide bonds. The predicted octanol–water partition coefficient (Wildman–Crippen LogP) is 2.09. The molecule has 1 aromatic carbocycles. The average molecular weight is 405 g/mol. The van der Waals surface area contributed by atoms with Gasteiger partial charge in [0.2, 0.25) is 0 Å². The Kier molecular flexibility index (Phi) is 5.70. The van der Waals surface area contributed by atoms with Gasteiger partial charge in [0.1, 0.15) is 5.75 Å². The van der Waals surface area contributed by atoms with Gasteiger partial charge >= 0.3 is 0 Å². The largest absolute Gasteiger partial charge is 0.497 e. The quantitative estimate of drug-likeness (QED) is 0.732. The van der Waals surface area contributed by atoms with E-state index in [2.05, 4.69) is 10.2 Å². The number of aliphatic hydroxyl groups excluding tert-OH is 1. The fourth-order valence-electron chi connectivity index (χ4n) is 2.21. The Morgan fingerprint density at radius 3 is 2.58 bits per heavy atom. The van der Waals surface area contributed by atoms with E-state index in [0.717, 1.165) is 21.4 Å². The van der Waals surface area contributed by atoms with Crippen LogP contribution in [0.15, 0.2) is 32.9 Å². The van der Waals surface area contributed by atoms with Crippen molar-refractivity contribution in [1.29, 1.82) is 0 Å². The van der Waals surface area contributed by atoms with Crippen molar-refractivity contribution in [1.82, 2.24) is 10.2 Å². The Balaban J connectivity index is 1.55. The molecular formula is C14H16N2O4S4. The van der Waals surface area contributed by atoms with E-state index >= 15 is 0 Å². The number of thioether (sulfide) groups is 2. The van der Waals surface area contributed by atoms with E-state index in [0.29, 0.717) is 4.34 Å². The molecule has 1 aliphatic heterocycles. The third kappa shape index (κ3) is 4.63. The Morgan fingerprint density at radius 2 is 1.96 bits per heavy atom. The van der Waals surface area contributed by atoms with Crippen molar-refractivity contribution in [2.45, 2.75) is 25.8 Å². The highest BCUT2D eigenvalue weighted by molar-refractivity contribution is 8.04. The maximum atomic E-state index is 11.5. The SMILES string of the molecule is COc1ccc(CSc2nnc(S[C@H]3CS(=O)(=O)C[C@@H]3O)s2)cc1. The van der Waals surface area contributed by atoms with E-state index in [1.54, 1.807) is 18.9 Å². The number of ether oxygens (including phenoxy) is 1. The molecule has 0 saturated carbocycles. The van der Waals surface area contributed by atoms with E-state index in [9.17, 15) is 13.5 Å². The third-order valence-corrected chi connectivity index (χ3v) is 8.89. The molecule has 0 bridgehead atoms. The van der Waals surface area contributed by atoms with Gasteiger partial charge in [-0.25, -0.2) is 8.42 Å². The molecule has 1 fully saturated rings. The minimum Gasteiger partial charge on any atom is -0.497 e. The summed E-state index contributed by atoms with van der Waals surface area (Å²) in [7, 11) is -1.50.